The molecule has 0 amide bonds. The van der Waals surface area contributed by atoms with E-state index in [1.54, 1.807) is 0 Å². The fourth-order valence-corrected chi connectivity index (χ4v) is 0.755. The molecular weight excluding hydrogens is 251 g/mol. The van der Waals surface area contributed by atoms with Crippen LogP contribution in [0.1, 0.15) is 0 Å². The lowest BCUT2D eigenvalue weighted by molar-refractivity contribution is -0.173. The molecule has 6 heteroatoms. The number of halogens is 4. The van der Waals surface area contributed by atoms with Crippen molar-refractivity contribution in [3.63, 3.8) is 0 Å². The normalized spacial score (nSPS) is 11.7. The summed E-state index contributed by atoms with van der Waals surface area (Å²) in [5.41, 5.74) is 0. The molecule has 78 valence electrons. The minimum absolute atomic E-state index is 0.0415. The minimum Gasteiger partial charge on any atom is -0.371 e. The lowest BCUT2D eigenvalue weighted by atomic mass is 10.6. The Morgan fingerprint density at radius 2 is 2.08 bits per heavy atom. The van der Waals surface area contributed by atoms with E-state index in [9.17, 15) is 13.2 Å². The third kappa shape index (κ3) is 11.9. The molecule has 2 nitrogen and oxygen atoms in total. The van der Waals surface area contributed by atoms with E-state index in [1.165, 1.54) is 0 Å². The Morgan fingerprint density at radius 1 is 1.46 bits per heavy atom. The van der Waals surface area contributed by atoms with Crippen LogP contribution in [0.2, 0.25) is 0 Å². The summed E-state index contributed by atoms with van der Waals surface area (Å²) in [6.45, 7) is 3.30. The number of hydrogen-bond acceptors (Lipinski definition) is 2. The molecule has 0 heterocycles. The van der Waals surface area contributed by atoms with Gasteiger partial charge < -0.3 is 10.1 Å². The number of nitrogens with one attached hydrogen (secondary N) is 1. The van der Waals surface area contributed by atoms with Crippen LogP contribution in [0.15, 0.2) is 11.1 Å². The van der Waals surface area contributed by atoms with Gasteiger partial charge in [-0.25, -0.2) is 0 Å². The first-order chi connectivity index (χ1) is 5.92. The van der Waals surface area contributed by atoms with E-state index in [0.29, 0.717) is 13.1 Å². The molecule has 0 radical (unpaired) electrons. The van der Waals surface area contributed by atoms with E-state index >= 15 is 0 Å². The summed E-state index contributed by atoms with van der Waals surface area (Å²) in [4.78, 5) is 0. The number of alkyl halides is 3. The molecule has 0 rings (SSSR count). The molecular formula is C7H11BrF3NO. The molecule has 13 heavy (non-hydrogen) atoms. The van der Waals surface area contributed by atoms with Crippen LogP contribution in [-0.4, -0.2) is 32.5 Å². The summed E-state index contributed by atoms with van der Waals surface area (Å²) in [5.74, 6) is 0. The number of hydrogen-bond donors (Lipinski definition) is 1. The van der Waals surface area contributed by atoms with Gasteiger partial charge in [-0.2, -0.15) is 13.2 Å². The second kappa shape index (κ2) is 6.39. The molecule has 0 aliphatic heterocycles. The van der Waals surface area contributed by atoms with E-state index in [4.69, 9.17) is 0 Å². The van der Waals surface area contributed by atoms with Crippen molar-refractivity contribution in [3.05, 3.63) is 11.1 Å². The van der Waals surface area contributed by atoms with Crippen LogP contribution in [-0.2, 0) is 4.74 Å². The zero-order valence-corrected chi connectivity index (χ0v) is 8.54. The van der Waals surface area contributed by atoms with Crippen LogP contribution in [0.4, 0.5) is 13.2 Å². The lowest BCUT2D eigenvalue weighted by Crippen LogP contribution is -2.24. The Labute approximate surface area is 83.3 Å². The Bertz CT molecular complexity index is 160. The monoisotopic (exact) mass is 261 g/mol. The molecule has 0 aromatic rings. The lowest BCUT2D eigenvalue weighted by Gasteiger charge is -2.07. The first-order valence-electron chi connectivity index (χ1n) is 3.60. The van der Waals surface area contributed by atoms with Gasteiger partial charge in [-0.05, 0) is 0 Å². The van der Waals surface area contributed by atoms with Crippen molar-refractivity contribution in [3.8, 4) is 0 Å². The van der Waals surface area contributed by atoms with Gasteiger partial charge in [-0.3, -0.25) is 0 Å². The Hall–Kier alpha value is -0.0700. The molecule has 1 N–H and O–H groups in total. The van der Waals surface area contributed by atoms with Gasteiger partial charge in [0.2, 0.25) is 0 Å². The van der Waals surface area contributed by atoms with Crippen LogP contribution in [0.25, 0.3) is 0 Å². The predicted molar refractivity (Wildman–Crippen MR) is 47.8 cm³/mol. The standard InChI is InChI=1S/C7H11BrF3NO/c1-6(8)4-12-2-3-13-5-7(9,10)11/h12H,1-5H2. The molecule has 0 aromatic carbocycles. The molecule has 0 unspecified atom stereocenters. The maximum absolute atomic E-state index is 11.5. The topological polar surface area (TPSA) is 21.3 Å². The number of rotatable bonds is 6. The van der Waals surface area contributed by atoms with E-state index in [-0.39, 0.29) is 6.61 Å². The van der Waals surface area contributed by atoms with Gasteiger partial charge in [-0.15, -0.1) is 0 Å². The van der Waals surface area contributed by atoms with Crippen molar-refractivity contribution in [2.45, 2.75) is 6.18 Å². The van der Waals surface area contributed by atoms with Crippen molar-refractivity contribution in [2.75, 3.05) is 26.3 Å². The van der Waals surface area contributed by atoms with Gasteiger partial charge in [0.05, 0.1) is 6.61 Å². The minimum atomic E-state index is -4.24. The highest BCUT2D eigenvalue weighted by Crippen LogP contribution is 2.13. The molecule has 0 atom stereocenters. The Kier molecular flexibility index (Phi) is 6.36. The average Bonchev–Trinajstić information content (AvgIpc) is 1.93. The van der Waals surface area contributed by atoms with Gasteiger partial charge in [0, 0.05) is 17.6 Å². The summed E-state index contributed by atoms with van der Waals surface area (Å²) < 4.78 is 39.7. The van der Waals surface area contributed by atoms with Crippen molar-refractivity contribution < 1.29 is 17.9 Å². The van der Waals surface area contributed by atoms with Crippen LogP contribution in [0.5, 0.6) is 0 Å². The van der Waals surface area contributed by atoms with Crippen molar-refractivity contribution >= 4 is 15.9 Å². The van der Waals surface area contributed by atoms with Gasteiger partial charge in [0.1, 0.15) is 6.61 Å². The molecule has 0 bridgehead atoms. The van der Waals surface area contributed by atoms with Gasteiger partial charge in [0.15, 0.2) is 0 Å². The molecule has 0 aliphatic carbocycles. The molecule has 0 saturated heterocycles. The fraction of sp³-hybridized carbons (Fsp3) is 0.714. The largest absolute Gasteiger partial charge is 0.411 e. The highest BCUT2D eigenvalue weighted by atomic mass is 79.9. The van der Waals surface area contributed by atoms with E-state index in [1.807, 2.05) is 0 Å². The number of ether oxygens (including phenoxy) is 1. The summed E-state index contributed by atoms with van der Waals surface area (Å²) in [5, 5.41) is 2.83. The van der Waals surface area contributed by atoms with E-state index < -0.39 is 12.8 Å². The van der Waals surface area contributed by atoms with Crippen molar-refractivity contribution in [1.29, 1.82) is 0 Å². The maximum atomic E-state index is 11.5. The second-order valence-corrected chi connectivity index (χ2v) is 3.48. The van der Waals surface area contributed by atoms with Crippen LogP contribution in [0.3, 0.4) is 0 Å². The molecule has 0 aromatic heterocycles. The third-order valence-corrected chi connectivity index (χ3v) is 1.29. The SMILES string of the molecule is C=C(Br)CNCCOCC(F)(F)F. The Morgan fingerprint density at radius 3 is 2.54 bits per heavy atom. The first kappa shape index (κ1) is 12.9. The molecule has 0 spiro atoms. The summed E-state index contributed by atoms with van der Waals surface area (Å²) in [7, 11) is 0. The van der Waals surface area contributed by atoms with Crippen LogP contribution < -0.4 is 5.32 Å². The van der Waals surface area contributed by atoms with E-state index in [2.05, 4.69) is 32.6 Å². The summed E-state index contributed by atoms with van der Waals surface area (Å²) in [6.07, 6.45) is -4.24. The summed E-state index contributed by atoms with van der Waals surface area (Å²) in [6, 6.07) is 0. The zero-order chi connectivity index (χ0) is 10.3. The Balaban J connectivity index is 3.13. The third-order valence-electron chi connectivity index (χ3n) is 1.01. The van der Waals surface area contributed by atoms with Crippen LogP contribution >= 0.6 is 15.9 Å². The van der Waals surface area contributed by atoms with Crippen molar-refractivity contribution in [2.24, 2.45) is 0 Å². The smallest absolute Gasteiger partial charge is 0.371 e. The van der Waals surface area contributed by atoms with Crippen LogP contribution in [0, 0.1) is 0 Å². The first-order valence-corrected chi connectivity index (χ1v) is 4.39. The molecule has 0 saturated carbocycles. The summed E-state index contributed by atoms with van der Waals surface area (Å²) >= 11 is 3.10. The van der Waals surface area contributed by atoms with Crippen molar-refractivity contribution in [1.82, 2.24) is 5.32 Å². The van der Waals surface area contributed by atoms with Gasteiger partial charge in [-0.1, -0.05) is 22.5 Å². The second-order valence-electron chi connectivity index (χ2n) is 2.36. The van der Waals surface area contributed by atoms with Gasteiger partial charge >= 0.3 is 6.18 Å². The zero-order valence-electron chi connectivity index (χ0n) is 6.96. The van der Waals surface area contributed by atoms with E-state index in [0.717, 1.165) is 4.48 Å². The predicted octanol–water partition coefficient (Wildman–Crippen LogP) is 2.06. The highest BCUT2D eigenvalue weighted by molar-refractivity contribution is 9.11. The molecule has 0 aliphatic rings. The maximum Gasteiger partial charge on any atom is 0.411 e. The van der Waals surface area contributed by atoms with Gasteiger partial charge in [0.25, 0.3) is 0 Å². The quantitative estimate of drug-likeness (QED) is 0.740. The average molecular weight is 262 g/mol. The molecule has 0 fully saturated rings. The highest BCUT2D eigenvalue weighted by Gasteiger charge is 2.27. The fourth-order valence-electron chi connectivity index (χ4n) is 0.556.